The van der Waals surface area contributed by atoms with Gasteiger partial charge >= 0.3 is 7.48 Å². The third kappa shape index (κ3) is 4.35. The maximum atomic E-state index is 10.5. The molecule has 0 saturated heterocycles. The van der Waals surface area contributed by atoms with Crippen LogP contribution in [0.1, 0.15) is 27.7 Å². The number of benzene rings is 4. The minimum atomic E-state index is -1.00. The Morgan fingerprint density at radius 1 is 0.811 bits per heavy atom. The molecule has 6 rings (SSSR count). The summed E-state index contributed by atoms with van der Waals surface area (Å²) in [7, 11) is 1.72. The SMILES string of the molecule is CC(C)(O)C(C)(C)O[B]c1cccc2oc3cc4sc(-c5ccc(-c6ccccc6)cc5)nc4cc3c12. The average molecular weight is 504 g/mol. The van der Waals surface area contributed by atoms with Crippen LogP contribution in [0, 0.1) is 0 Å². The Morgan fingerprint density at radius 3 is 2.24 bits per heavy atom. The summed E-state index contributed by atoms with van der Waals surface area (Å²) in [5.74, 6) is 0. The molecule has 0 saturated carbocycles. The van der Waals surface area contributed by atoms with Gasteiger partial charge in [-0.15, -0.1) is 11.3 Å². The van der Waals surface area contributed by atoms with E-state index in [1.165, 1.54) is 11.1 Å². The van der Waals surface area contributed by atoms with E-state index < -0.39 is 11.2 Å². The molecule has 0 bridgehead atoms. The second kappa shape index (κ2) is 8.84. The molecular formula is C31H27BNO3S. The molecule has 1 N–H and O–H groups in total. The highest BCUT2D eigenvalue weighted by atomic mass is 32.1. The monoisotopic (exact) mass is 504 g/mol. The van der Waals surface area contributed by atoms with Gasteiger partial charge < -0.3 is 14.2 Å². The second-order valence-corrected chi connectivity index (χ2v) is 11.4. The zero-order valence-corrected chi connectivity index (χ0v) is 22.1. The van der Waals surface area contributed by atoms with Gasteiger partial charge in [0.1, 0.15) is 16.2 Å². The van der Waals surface area contributed by atoms with Crippen molar-refractivity contribution in [3.8, 4) is 21.7 Å². The Hall–Kier alpha value is -3.45. The predicted octanol–water partition coefficient (Wildman–Crippen LogP) is 7.34. The Kier molecular flexibility index (Phi) is 5.72. The average Bonchev–Trinajstić information content (AvgIpc) is 3.46. The van der Waals surface area contributed by atoms with E-state index in [-0.39, 0.29) is 0 Å². The standard InChI is InChI=1S/C31H27BNO3S/c1-30(2,34)31(3,4)36-32-23-11-8-12-25-28(23)22-17-24-27(18-26(22)35-25)37-29(33-24)21-15-13-20(14-16-21)19-9-6-5-7-10-19/h5-18,34H,1-4H3. The van der Waals surface area contributed by atoms with E-state index in [9.17, 15) is 5.11 Å². The Balaban J connectivity index is 1.37. The van der Waals surface area contributed by atoms with Gasteiger partial charge in [-0.2, -0.15) is 0 Å². The van der Waals surface area contributed by atoms with Crippen molar-refractivity contribution in [2.75, 3.05) is 0 Å². The largest absolute Gasteiger partial charge is 0.456 e. The fourth-order valence-electron chi connectivity index (χ4n) is 4.29. The molecule has 0 aliphatic rings. The second-order valence-electron chi connectivity index (χ2n) is 10.4. The fourth-order valence-corrected chi connectivity index (χ4v) is 5.27. The van der Waals surface area contributed by atoms with Crippen LogP contribution in [0.4, 0.5) is 0 Å². The molecule has 4 aromatic carbocycles. The van der Waals surface area contributed by atoms with Gasteiger partial charge in [0.15, 0.2) is 0 Å². The number of fused-ring (bicyclic) bond motifs is 4. The molecule has 1 radical (unpaired) electrons. The number of hydrogen-bond donors (Lipinski definition) is 1. The van der Waals surface area contributed by atoms with Crippen LogP contribution in [-0.2, 0) is 4.65 Å². The molecule has 0 fully saturated rings. The van der Waals surface area contributed by atoms with Gasteiger partial charge in [0.05, 0.1) is 21.4 Å². The molecule has 0 spiro atoms. The minimum Gasteiger partial charge on any atom is -0.456 e. The molecule has 2 aromatic heterocycles. The lowest BCUT2D eigenvalue weighted by Gasteiger charge is -2.37. The number of hydrogen-bond acceptors (Lipinski definition) is 5. The van der Waals surface area contributed by atoms with Crippen molar-refractivity contribution in [2.45, 2.75) is 38.9 Å². The van der Waals surface area contributed by atoms with Crippen LogP contribution in [0.5, 0.6) is 0 Å². The first-order valence-electron chi connectivity index (χ1n) is 12.3. The van der Waals surface area contributed by atoms with Crippen LogP contribution in [0.2, 0.25) is 0 Å². The van der Waals surface area contributed by atoms with Gasteiger partial charge in [-0.25, -0.2) is 4.98 Å². The molecule has 0 amide bonds. The number of rotatable bonds is 6. The smallest absolute Gasteiger partial charge is 0.331 e. The summed E-state index contributed by atoms with van der Waals surface area (Å²) >= 11 is 1.67. The van der Waals surface area contributed by atoms with Crippen LogP contribution in [0.15, 0.2) is 89.3 Å². The van der Waals surface area contributed by atoms with Crippen molar-refractivity contribution in [1.82, 2.24) is 4.98 Å². The van der Waals surface area contributed by atoms with Crippen molar-refractivity contribution in [3.05, 3.63) is 84.9 Å². The topological polar surface area (TPSA) is 55.5 Å². The highest BCUT2D eigenvalue weighted by molar-refractivity contribution is 7.21. The van der Waals surface area contributed by atoms with E-state index in [0.29, 0.717) is 0 Å². The molecule has 0 atom stereocenters. The van der Waals surface area contributed by atoms with Crippen molar-refractivity contribution in [3.63, 3.8) is 0 Å². The summed E-state index contributed by atoms with van der Waals surface area (Å²) in [5, 5.41) is 13.4. The highest BCUT2D eigenvalue weighted by Gasteiger charge is 2.36. The number of aromatic nitrogens is 1. The maximum absolute atomic E-state index is 10.5. The quantitative estimate of drug-likeness (QED) is 0.241. The lowest BCUT2D eigenvalue weighted by molar-refractivity contribution is -0.0893. The zero-order valence-electron chi connectivity index (χ0n) is 21.3. The molecule has 6 aromatic rings. The van der Waals surface area contributed by atoms with Gasteiger partial charge in [0.2, 0.25) is 0 Å². The molecule has 37 heavy (non-hydrogen) atoms. The summed E-state index contributed by atoms with van der Waals surface area (Å²) in [5.41, 5.74) is 5.18. The summed E-state index contributed by atoms with van der Waals surface area (Å²) in [6.45, 7) is 7.26. The molecule has 6 heteroatoms. The zero-order chi connectivity index (χ0) is 25.8. The number of aliphatic hydroxyl groups is 1. The molecule has 0 aliphatic carbocycles. The fraction of sp³-hybridized carbons (Fsp3) is 0.194. The van der Waals surface area contributed by atoms with E-state index in [1.54, 1.807) is 32.7 Å². The molecular weight excluding hydrogens is 477 g/mol. The Bertz CT molecular complexity index is 1730. The third-order valence-corrected chi connectivity index (χ3v) is 8.30. The molecule has 183 valence electrons. The van der Waals surface area contributed by atoms with Crippen molar-refractivity contribution in [1.29, 1.82) is 0 Å². The first kappa shape index (κ1) is 23.9. The van der Waals surface area contributed by atoms with Crippen LogP contribution in [0.25, 0.3) is 53.9 Å². The van der Waals surface area contributed by atoms with Gasteiger partial charge in [0.25, 0.3) is 0 Å². The Labute approximate surface area is 220 Å². The molecule has 4 nitrogen and oxygen atoms in total. The van der Waals surface area contributed by atoms with Crippen molar-refractivity contribution in [2.24, 2.45) is 0 Å². The number of thiazole rings is 1. The number of furan rings is 1. The normalized spacial score (nSPS) is 12.6. The van der Waals surface area contributed by atoms with Gasteiger partial charge in [0, 0.05) is 22.4 Å². The maximum Gasteiger partial charge on any atom is 0.331 e. The first-order chi connectivity index (χ1) is 17.7. The van der Waals surface area contributed by atoms with E-state index in [4.69, 9.17) is 14.1 Å². The summed E-state index contributed by atoms with van der Waals surface area (Å²) < 4.78 is 13.4. The molecule has 0 aliphatic heterocycles. The van der Waals surface area contributed by atoms with E-state index in [2.05, 4.69) is 60.7 Å². The Morgan fingerprint density at radius 2 is 1.51 bits per heavy atom. The van der Waals surface area contributed by atoms with Crippen LogP contribution in [-0.4, -0.2) is 28.8 Å². The summed E-state index contributed by atoms with van der Waals surface area (Å²) in [4.78, 5) is 4.97. The third-order valence-electron chi connectivity index (χ3n) is 7.23. The van der Waals surface area contributed by atoms with E-state index in [1.807, 2.05) is 38.1 Å². The van der Waals surface area contributed by atoms with Gasteiger partial charge in [-0.1, -0.05) is 66.7 Å². The lowest BCUT2D eigenvalue weighted by atomic mass is 9.80. The lowest BCUT2D eigenvalue weighted by Crippen LogP contribution is -2.49. The van der Waals surface area contributed by atoms with Gasteiger partial charge in [-0.05, 0) is 56.4 Å². The van der Waals surface area contributed by atoms with Crippen molar-refractivity contribution < 1.29 is 14.2 Å². The summed E-state index contributed by atoms with van der Waals surface area (Å²) in [6, 6.07) is 29.0. The van der Waals surface area contributed by atoms with E-state index >= 15 is 0 Å². The first-order valence-corrected chi connectivity index (χ1v) is 13.2. The van der Waals surface area contributed by atoms with Crippen LogP contribution >= 0.6 is 11.3 Å². The number of nitrogens with zero attached hydrogens (tertiary/aromatic N) is 1. The van der Waals surface area contributed by atoms with Crippen LogP contribution < -0.4 is 5.46 Å². The summed E-state index contributed by atoms with van der Waals surface area (Å²) in [6.07, 6.45) is 0. The van der Waals surface area contributed by atoms with E-state index in [0.717, 1.165) is 48.2 Å². The minimum absolute atomic E-state index is 0.762. The van der Waals surface area contributed by atoms with Gasteiger partial charge in [-0.3, -0.25) is 0 Å². The van der Waals surface area contributed by atoms with Crippen LogP contribution in [0.3, 0.4) is 0 Å². The predicted molar refractivity (Wildman–Crippen MR) is 155 cm³/mol. The molecule has 0 unspecified atom stereocenters. The van der Waals surface area contributed by atoms with Crippen molar-refractivity contribution >= 4 is 56.4 Å². The molecule has 2 heterocycles. The highest BCUT2D eigenvalue weighted by Crippen LogP contribution is 2.37.